The summed E-state index contributed by atoms with van der Waals surface area (Å²) in [6.45, 7) is 5.57. The van der Waals surface area contributed by atoms with Crippen LogP contribution in [0.15, 0.2) is 24.3 Å². The number of phenolic OH excluding ortho intramolecular Hbond substituents is 1. The highest BCUT2D eigenvalue weighted by Gasteiger charge is 2.21. The van der Waals surface area contributed by atoms with Gasteiger partial charge in [-0.3, -0.25) is 9.69 Å². The number of amides is 1. The van der Waals surface area contributed by atoms with Gasteiger partial charge in [-0.05, 0) is 37.1 Å². The Morgan fingerprint density at radius 1 is 1.20 bits per heavy atom. The number of benzene rings is 1. The molecule has 0 bridgehead atoms. The van der Waals surface area contributed by atoms with E-state index in [0.717, 1.165) is 24.9 Å². The van der Waals surface area contributed by atoms with Gasteiger partial charge in [0, 0.05) is 20.1 Å². The Morgan fingerprint density at radius 2 is 1.80 bits per heavy atom. The smallest absolute Gasteiger partial charge is 0.236 e. The fraction of sp³-hybridized carbons (Fsp3) is 0.562. The molecule has 1 unspecified atom stereocenters. The van der Waals surface area contributed by atoms with Crippen molar-refractivity contribution in [1.29, 1.82) is 0 Å². The molecule has 0 radical (unpaired) electrons. The molecule has 1 N–H and O–H groups in total. The summed E-state index contributed by atoms with van der Waals surface area (Å²) in [6, 6.07) is 7.49. The molecule has 1 rings (SSSR count). The van der Waals surface area contributed by atoms with Crippen molar-refractivity contribution in [3.63, 3.8) is 0 Å². The fourth-order valence-electron chi connectivity index (χ4n) is 2.35. The van der Waals surface area contributed by atoms with Gasteiger partial charge in [-0.2, -0.15) is 0 Å². The molecule has 1 amide bonds. The zero-order valence-electron chi connectivity index (χ0n) is 13.0. The first-order valence-electron chi connectivity index (χ1n) is 7.22. The Hall–Kier alpha value is -1.55. The van der Waals surface area contributed by atoms with E-state index in [0.29, 0.717) is 6.54 Å². The van der Waals surface area contributed by atoms with Gasteiger partial charge in [0.05, 0.1) is 6.54 Å². The van der Waals surface area contributed by atoms with Crippen LogP contribution in [0, 0.1) is 0 Å². The van der Waals surface area contributed by atoms with Crippen molar-refractivity contribution >= 4 is 5.91 Å². The van der Waals surface area contributed by atoms with E-state index in [2.05, 4.69) is 18.7 Å². The largest absolute Gasteiger partial charge is 0.508 e. The van der Waals surface area contributed by atoms with Crippen molar-refractivity contribution in [2.75, 3.05) is 27.2 Å². The first-order valence-corrected chi connectivity index (χ1v) is 7.22. The van der Waals surface area contributed by atoms with Crippen molar-refractivity contribution in [2.24, 2.45) is 0 Å². The Bertz CT molecular complexity index is 415. The van der Waals surface area contributed by atoms with Crippen LogP contribution in [0.4, 0.5) is 0 Å². The van der Waals surface area contributed by atoms with Crippen LogP contribution in [0.3, 0.4) is 0 Å². The standard InChI is InChI=1S/C16H26N2O2/c1-5-11-18(12-16(20)17(3)4)15(6-2)13-7-9-14(19)10-8-13/h7-10,15,19H,5-6,11-12H2,1-4H3. The summed E-state index contributed by atoms with van der Waals surface area (Å²) in [6.07, 6.45) is 1.95. The van der Waals surface area contributed by atoms with Gasteiger partial charge in [0.1, 0.15) is 5.75 Å². The average Bonchev–Trinajstić information content (AvgIpc) is 2.41. The zero-order valence-corrected chi connectivity index (χ0v) is 13.0. The molecule has 112 valence electrons. The van der Waals surface area contributed by atoms with Gasteiger partial charge in [0.2, 0.25) is 5.91 Å². The number of phenols is 1. The van der Waals surface area contributed by atoms with Crippen molar-refractivity contribution in [3.05, 3.63) is 29.8 Å². The van der Waals surface area contributed by atoms with Gasteiger partial charge < -0.3 is 10.0 Å². The van der Waals surface area contributed by atoms with E-state index in [1.54, 1.807) is 31.1 Å². The van der Waals surface area contributed by atoms with Gasteiger partial charge in [0.15, 0.2) is 0 Å². The highest BCUT2D eigenvalue weighted by molar-refractivity contribution is 5.77. The van der Waals surface area contributed by atoms with E-state index < -0.39 is 0 Å². The quantitative estimate of drug-likeness (QED) is 0.834. The first kappa shape index (κ1) is 16.5. The lowest BCUT2D eigenvalue weighted by Gasteiger charge is -2.31. The van der Waals surface area contributed by atoms with Gasteiger partial charge in [-0.25, -0.2) is 0 Å². The monoisotopic (exact) mass is 278 g/mol. The molecule has 0 heterocycles. The van der Waals surface area contributed by atoms with E-state index in [1.807, 2.05) is 12.1 Å². The second kappa shape index (κ2) is 7.90. The third kappa shape index (κ3) is 4.53. The van der Waals surface area contributed by atoms with Crippen LogP contribution in [-0.2, 0) is 4.79 Å². The summed E-state index contributed by atoms with van der Waals surface area (Å²) >= 11 is 0. The lowest BCUT2D eigenvalue weighted by molar-refractivity contribution is -0.130. The van der Waals surface area contributed by atoms with Crippen molar-refractivity contribution < 1.29 is 9.90 Å². The maximum absolute atomic E-state index is 12.0. The Labute approximate surface area is 122 Å². The van der Waals surface area contributed by atoms with Crippen LogP contribution in [0.25, 0.3) is 0 Å². The van der Waals surface area contributed by atoms with Gasteiger partial charge in [-0.1, -0.05) is 26.0 Å². The van der Waals surface area contributed by atoms with E-state index in [1.165, 1.54) is 0 Å². The number of rotatable bonds is 7. The van der Waals surface area contributed by atoms with Gasteiger partial charge in [0.25, 0.3) is 0 Å². The van der Waals surface area contributed by atoms with Crippen molar-refractivity contribution in [1.82, 2.24) is 9.80 Å². The van der Waals surface area contributed by atoms with E-state index in [4.69, 9.17) is 0 Å². The van der Waals surface area contributed by atoms with E-state index in [9.17, 15) is 9.90 Å². The number of nitrogens with zero attached hydrogens (tertiary/aromatic N) is 2. The van der Waals surface area contributed by atoms with Crippen molar-refractivity contribution in [2.45, 2.75) is 32.7 Å². The molecule has 0 aliphatic rings. The van der Waals surface area contributed by atoms with E-state index in [-0.39, 0.29) is 17.7 Å². The molecule has 0 fully saturated rings. The molecule has 1 aromatic rings. The van der Waals surface area contributed by atoms with Crippen molar-refractivity contribution in [3.8, 4) is 5.75 Å². The maximum Gasteiger partial charge on any atom is 0.236 e. The molecule has 0 saturated carbocycles. The highest BCUT2D eigenvalue weighted by Crippen LogP contribution is 2.25. The molecule has 0 aliphatic heterocycles. The maximum atomic E-state index is 12.0. The normalized spacial score (nSPS) is 12.4. The molecular weight excluding hydrogens is 252 g/mol. The summed E-state index contributed by atoms with van der Waals surface area (Å²) in [5.74, 6) is 0.394. The van der Waals surface area contributed by atoms with Crippen LogP contribution in [-0.4, -0.2) is 48.0 Å². The lowest BCUT2D eigenvalue weighted by Crippen LogP contribution is -2.39. The van der Waals surface area contributed by atoms with Crippen LogP contribution in [0.2, 0.25) is 0 Å². The lowest BCUT2D eigenvalue weighted by atomic mass is 10.0. The SMILES string of the molecule is CCCN(CC(=O)N(C)C)C(CC)c1ccc(O)cc1. The second-order valence-corrected chi connectivity index (χ2v) is 5.27. The van der Waals surface area contributed by atoms with Crippen LogP contribution < -0.4 is 0 Å². The van der Waals surface area contributed by atoms with Gasteiger partial charge >= 0.3 is 0 Å². The summed E-state index contributed by atoms with van der Waals surface area (Å²) in [7, 11) is 3.57. The molecular formula is C16H26N2O2. The minimum Gasteiger partial charge on any atom is -0.508 e. The molecule has 20 heavy (non-hydrogen) atoms. The molecule has 4 nitrogen and oxygen atoms in total. The number of hydrogen-bond donors (Lipinski definition) is 1. The molecule has 1 atom stereocenters. The Balaban J connectivity index is 2.90. The van der Waals surface area contributed by atoms with Crippen LogP contribution in [0.1, 0.15) is 38.3 Å². The second-order valence-electron chi connectivity index (χ2n) is 5.27. The molecule has 0 aliphatic carbocycles. The molecule has 0 aromatic heterocycles. The topological polar surface area (TPSA) is 43.8 Å². The third-order valence-corrected chi connectivity index (χ3v) is 3.45. The highest BCUT2D eigenvalue weighted by atomic mass is 16.3. The minimum atomic E-state index is 0.121. The van der Waals surface area contributed by atoms with E-state index >= 15 is 0 Å². The molecule has 0 saturated heterocycles. The molecule has 1 aromatic carbocycles. The molecule has 0 spiro atoms. The number of hydrogen-bond acceptors (Lipinski definition) is 3. The summed E-state index contributed by atoms with van der Waals surface area (Å²) < 4.78 is 0. The minimum absolute atomic E-state index is 0.121. The number of aromatic hydroxyl groups is 1. The van der Waals surface area contributed by atoms with Gasteiger partial charge in [-0.15, -0.1) is 0 Å². The predicted molar refractivity (Wildman–Crippen MR) is 81.7 cm³/mol. The number of likely N-dealkylation sites (N-methyl/N-ethyl adjacent to an activating group) is 1. The number of carbonyl (C=O) groups is 1. The average molecular weight is 278 g/mol. The third-order valence-electron chi connectivity index (χ3n) is 3.45. The summed E-state index contributed by atoms with van der Waals surface area (Å²) in [5.41, 5.74) is 1.14. The zero-order chi connectivity index (χ0) is 15.1. The summed E-state index contributed by atoms with van der Waals surface area (Å²) in [5, 5.41) is 9.40. The summed E-state index contributed by atoms with van der Waals surface area (Å²) in [4.78, 5) is 15.8. The predicted octanol–water partition coefficient (Wildman–Crippen LogP) is 2.64. The Kier molecular flexibility index (Phi) is 6.52. The number of carbonyl (C=O) groups excluding carboxylic acids is 1. The van der Waals surface area contributed by atoms with Crippen LogP contribution >= 0.6 is 0 Å². The first-order chi connectivity index (χ1) is 9.49. The van der Waals surface area contributed by atoms with Crippen LogP contribution in [0.5, 0.6) is 5.75 Å². The Morgan fingerprint density at radius 3 is 2.25 bits per heavy atom. The fourth-order valence-corrected chi connectivity index (χ4v) is 2.35. The molecule has 4 heteroatoms.